The molecule has 21 heavy (non-hydrogen) atoms. The van der Waals surface area contributed by atoms with Crippen molar-refractivity contribution in [1.29, 1.82) is 0 Å². The van der Waals surface area contributed by atoms with E-state index >= 15 is 0 Å². The Morgan fingerprint density at radius 2 is 2.00 bits per heavy atom. The Morgan fingerprint density at radius 1 is 1.38 bits per heavy atom. The maximum atomic E-state index is 12.3. The van der Waals surface area contributed by atoms with Gasteiger partial charge in [0.2, 0.25) is 10.0 Å². The van der Waals surface area contributed by atoms with Crippen LogP contribution in [-0.2, 0) is 24.6 Å². The monoisotopic (exact) mass is 353 g/mol. The van der Waals surface area contributed by atoms with E-state index in [1.54, 1.807) is 5.38 Å². The highest BCUT2D eigenvalue weighted by atomic mass is 32.2. The van der Waals surface area contributed by atoms with Crippen molar-refractivity contribution in [3.63, 3.8) is 0 Å². The molecular weight excluding hydrogens is 338 g/mol. The molecule has 0 unspecified atom stereocenters. The highest BCUT2D eigenvalue weighted by molar-refractivity contribution is 7.94. The van der Waals surface area contributed by atoms with Crippen molar-refractivity contribution in [2.45, 2.75) is 18.1 Å². The average Bonchev–Trinajstić information content (AvgIpc) is 2.84. The summed E-state index contributed by atoms with van der Waals surface area (Å²) in [7, 11) is -5.65. The van der Waals surface area contributed by atoms with Crippen LogP contribution in [0.15, 0.2) is 11.4 Å². The SMILES string of the molecule is COC(=O)c1sccc1NS(=O)(=O)C1CCS(=O)(=O)CC1. The van der Waals surface area contributed by atoms with E-state index in [9.17, 15) is 21.6 Å². The summed E-state index contributed by atoms with van der Waals surface area (Å²) in [5, 5.41) is 0.807. The molecule has 1 saturated heterocycles. The molecule has 1 N–H and O–H groups in total. The van der Waals surface area contributed by atoms with E-state index in [1.807, 2.05) is 0 Å². The van der Waals surface area contributed by atoms with Gasteiger partial charge in [-0.25, -0.2) is 21.6 Å². The summed E-state index contributed by atoms with van der Waals surface area (Å²) in [6, 6.07) is 1.48. The number of carbonyl (C=O) groups excluding carboxylic acids is 1. The molecule has 1 aliphatic rings. The molecule has 1 aromatic heterocycles. The molecule has 0 atom stereocenters. The predicted molar refractivity (Wildman–Crippen MR) is 79.9 cm³/mol. The molecule has 0 radical (unpaired) electrons. The lowest BCUT2D eigenvalue weighted by Gasteiger charge is -2.22. The topological polar surface area (TPSA) is 107 Å². The highest BCUT2D eigenvalue weighted by Crippen LogP contribution is 2.27. The van der Waals surface area contributed by atoms with Gasteiger partial charge < -0.3 is 4.74 Å². The smallest absolute Gasteiger partial charge is 0.350 e. The van der Waals surface area contributed by atoms with E-state index in [4.69, 9.17) is 0 Å². The Bertz CT molecular complexity index is 720. The molecular formula is C11H15NO6S3. The number of hydrogen-bond donors (Lipinski definition) is 1. The number of rotatable bonds is 4. The molecule has 0 aliphatic carbocycles. The predicted octanol–water partition coefficient (Wildman–Crippen LogP) is 0.854. The number of ether oxygens (including phenoxy) is 1. The molecule has 1 aliphatic heterocycles. The standard InChI is InChI=1S/C11H15NO6S3/c1-18-11(13)10-9(2-5-19-10)12-21(16,17)8-3-6-20(14,15)7-4-8/h2,5,8,12H,3-4,6-7H2,1H3. The van der Waals surface area contributed by atoms with Crippen LogP contribution in [0.1, 0.15) is 22.5 Å². The van der Waals surface area contributed by atoms with Crippen LogP contribution in [0.4, 0.5) is 5.69 Å². The molecule has 0 saturated carbocycles. The second-order valence-electron chi connectivity index (χ2n) is 4.65. The molecule has 1 fully saturated rings. The number of thiophene rings is 1. The zero-order valence-electron chi connectivity index (χ0n) is 11.2. The van der Waals surface area contributed by atoms with Gasteiger partial charge in [0.15, 0.2) is 0 Å². The lowest BCUT2D eigenvalue weighted by Crippen LogP contribution is -2.36. The third-order valence-electron chi connectivity index (χ3n) is 3.23. The fraction of sp³-hybridized carbons (Fsp3) is 0.545. The number of anilines is 1. The number of carbonyl (C=O) groups is 1. The van der Waals surface area contributed by atoms with Crippen LogP contribution < -0.4 is 4.72 Å². The number of sulfone groups is 1. The molecule has 0 aromatic carbocycles. The van der Waals surface area contributed by atoms with Gasteiger partial charge in [-0.3, -0.25) is 4.72 Å². The van der Waals surface area contributed by atoms with Crippen molar-refractivity contribution < 1.29 is 26.4 Å². The first-order valence-electron chi connectivity index (χ1n) is 6.13. The summed E-state index contributed by atoms with van der Waals surface area (Å²) in [4.78, 5) is 11.7. The first-order valence-corrected chi connectivity index (χ1v) is 10.4. The van der Waals surface area contributed by atoms with Crippen LogP contribution in [-0.4, -0.2) is 46.7 Å². The first-order chi connectivity index (χ1) is 9.75. The molecule has 2 rings (SSSR count). The van der Waals surface area contributed by atoms with Gasteiger partial charge in [-0.15, -0.1) is 11.3 Å². The fourth-order valence-electron chi connectivity index (χ4n) is 2.06. The zero-order chi connectivity index (χ0) is 15.7. The van der Waals surface area contributed by atoms with Crippen LogP contribution >= 0.6 is 11.3 Å². The number of methoxy groups -OCH3 is 1. The van der Waals surface area contributed by atoms with Crippen LogP contribution in [0.2, 0.25) is 0 Å². The molecule has 10 heteroatoms. The Morgan fingerprint density at radius 3 is 2.57 bits per heavy atom. The van der Waals surface area contributed by atoms with E-state index in [0.29, 0.717) is 0 Å². The van der Waals surface area contributed by atoms with Crippen LogP contribution in [0.5, 0.6) is 0 Å². The molecule has 2 heterocycles. The van der Waals surface area contributed by atoms with Crippen LogP contribution in [0.25, 0.3) is 0 Å². The van der Waals surface area contributed by atoms with Gasteiger partial charge in [0.1, 0.15) is 14.7 Å². The fourth-order valence-corrected chi connectivity index (χ4v) is 6.18. The van der Waals surface area contributed by atoms with Crippen molar-refractivity contribution in [1.82, 2.24) is 0 Å². The maximum absolute atomic E-state index is 12.3. The van der Waals surface area contributed by atoms with Gasteiger partial charge in [-0.1, -0.05) is 0 Å². The lowest BCUT2D eigenvalue weighted by atomic mass is 10.2. The number of nitrogens with one attached hydrogen (secondary N) is 1. The minimum Gasteiger partial charge on any atom is -0.465 e. The number of hydrogen-bond acceptors (Lipinski definition) is 7. The minimum atomic E-state index is -3.74. The highest BCUT2D eigenvalue weighted by Gasteiger charge is 2.33. The molecule has 7 nitrogen and oxygen atoms in total. The molecule has 118 valence electrons. The Labute approximate surface area is 127 Å². The van der Waals surface area contributed by atoms with Gasteiger partial charge >= 0.3 is 5.97 Å². The van der Waals surface area contributed by atoms with Crippen molar-refractivity contribution in [2.24, 2.45) is 0 Å². The molecule has 1 aromatic rings. The third-order valence-corrected chi connectivity index (χ3v) is 7.69. The number of esters is 1. The summed E-state index contributed by atoms with van der Waals surface area (Å²) >= 11 is 1.07. The van der Waals surface area contributed by atoms with E-state index in [1.165, 1.54) is 13.2 Å². The summed E-state index contributed by atoms with van der Waals surface area (Å²) in [5.74, 6) is -0.882. The first kappa shape index (κ1) is 16.2. The van der Waals surface area contributed by atoms with Crippen molar-refractivity contribution in [3.05, 3.63) is 16.3 Å². The van der Waals surface area contributed by atoms with E-state index in [-0.39, 0.29) is 34.9 Å². The Hall–Kier alpha value is -1.13. The Kier molecular flexibility index (Phi) is 4.59. The van der Waals surface area contributed by atoms with E-state index in [0.717, 1.165) is 11.3 Å². The van der Waals surface area contributed by atoms with E-state index in [2.05, 4.69) is 9.46 Å². The van der Waals surface area contributed by atoms with Gasteiger partial charge in [0.25, 0.3) is 0 Å². The van der Waals surface area contributed by atoms with Gasteiger partial charge in [-0.05, 0) is 24.3 Å². The lowest BCUT2D eigenvalue weighted by molar-refractivity contribution is 0.0607. The van der Waals surface area contributed by atoms with Gasteiger partial charge in [-0.2, -0.15) is 0 Å². The second-order valence-corrected chi connectivity index (χ2v) is 9.83. The maximum Gasteiger partial charge on any atom is 0.350 e. The van der Waals surface area contributed by atoms with Crippen molar-refractivity contribution in [3.8, 4) is 0 Å². The van der Waals surface area contributed by atoms with Crippen LogP contribution in [0.3, 0.4) is 0 Å². The Balaban J connectivity index is 2.16. The second kappa shape index (κ2) is 5.93. The summed E-state index contributed by atoms with van der Waals surface area (Å²) < 4.78 is 54.2. The molecule has 0 bridgehead atoms. The zero-order valence-corrected chi connectivity index (χ0v) is 13.7. The van der Waals surface area contributed by atoms with Gasteiger partial charge in [0, 0.05) is 0 Å². The van der Waals surface area contributed by atoms with Crippen molar-refractivity contribution in [2.75, 3.05) is 23.3 Å². The molecule has 0 amide bonds. The molecule has 0 spiro atoms. The summed E-state index contributed by atoms with van der Waals surface area (Å²) in [6.45, 7) is 0. The summed E-state index contributed by atoms with van der Waals surface area (Å²) in [6.07, 6.45) is 0.130. The van der Waals surface area contributed by atoms with Crippen LogP contribution in [0, 0.1) is 0 Å². The quantitative estimate of drug-likeness (QED) is 0.805. The normalized spacial score (nSPS) is 19.1. The average molecular weight is 353 g/mol. The third kappa shape index (κ3) is 3.74. The summed E-state index contributed by atoms with van der Waals surface area (Å²) in [5.41, 5.74) is 0.167. The number of sulfonamides is 1. The van der Waals surface area contributed by atoms with Crippen molar-refractivity contribution >= 4 is 42.9 Å². The largest absolute Gasteiger partial charge is 0.465 e. The van der Waals surface area contributed by atoms with E-state index < -0.39 is 31.1 Å². The van der Waals surface area contributed by atoms with Gasteiger partial charge in [0.05, 0.1) is 29.6 Å². The minimum absolute atomic E-state index is 0.0648.